The summed E-state index contributed by atoms with van der Waals surface area (Å²) < 4.78 is 9.18. The highest BCUT2D eigenvalue weighted by atomic mass is 32.2. The van der Waals surface area contributed by atoms with Crippen molar-refractivity contribution >= 4 is 23.5 Å². The topological polar surface area (TPSA) is 115 Å². The predicted octanol–water partition coefficient (Wildman–Crippen LogP) is 3.45. The molecule has 1 fully saturated rings. The van der Waals surface area contributed by atoms with Crippen LogP contribution in [0.2, 0.25) is 0 Å². The highest BCUT2D eigenvalue weighted by Crippen LogP contribution is 2.32. The largest absolute Gasteiger partial charge is 0.467 e. The van der Waals surface area contributed by atoms with E-state index in [-0.39, 0.29) is 11.7 Å². The fraction of sp³-hybridized carbons (Fsp3) is 0.450. The van der Waals surface area contributed by atoms with E-state index in [2.05, 4.69) is 26.9 Å². The second-order valence-electron chi connectivity index (χ2n) is 7.39. The van der Waals surface area contributed by atoms with E-state index in [0.717, 1.165) is 29.9 Å². The third kappa shape index (κ3) is 3.98. The lowest BCUT2D eigenvalue weighted by atomic mass is 10.2. The number of carbonyl (C=O) groups excluding carboxylic acids is 1. The Kier molecular flexibility index (Phi) is 5.90. The molecule has 3 aromatic rings. The summed E-state index contributed by atoms with van der Waals surface area (Å²) in [5.41, 5.74) is 2.22. The van der Waals surface area contributed by atoms with Crippen molar-refractivity contribution in [3.05, 3.63) is 41.0 Å². The first-order valence-electron chi connectivity index (χ1n) is 9.91. The van der Waals surface area contributed by atoms with Gasteiger partial charge in [-0.15, -0.1) is 5.10 Å². The lowest BCUT2D eigenvalue weighted by molar-refractivity contribution is -0.113. The molecule has 1 aliphatic carbocycles. The number of anilines is 1. The SMILES string of the molecule is Cc1c(C#N)c(NC(=O)CSc2nnnn2C2CCCC2)n(Cc2ccco2)c1C. The molecule has 0 saturated heterocycles. The quantitative estimate of drug-likeness (QED) is 0.577. The maximum Gasteiger partial charge on any atom is 0.235 e. The smallest absolute Gasteiger partial charge is 0.235 e. The Morgan fingerprint density at radius 1 is 1.40 bits per heavy atom. The zero-order valence-corrected chi connectivity index (χ0v) is 17.8. The van der Waals surface area contributed by atoms with Crippen molar-refractivity contribution in [1.82, 2.24) is 24.8 Å². The molecule has 1 saturated carbocycles. The number of furan rings is 1. The Labute approximate surface area is 178 Å². The molecule has 1 N–H and O–H groups in total. The molecule has 1 aliphatic rings. The summed E-state index contributed by atoms with van der Waals surface area (Å²) in [6, 6.07) is 6.21. The molecule has 0 aromatic carbocycles. The van der Waals surface area contributed by atoms with E-state index >= 15 is 0 Å². The molecule has 10 heteroatoms. The predicted molar refractivity (Wildman–Crippen MR) is 111 cm³/mol. The highest BCUT2D eigenvalue weighted by molar-refractivity contribution is 7.99. The van der Waals surface area contributed by atoms with Crippen molar-refractivity contribution in [2.75, 3.05) is 11.1 Å². The lowest BCUT2D eigenvalue weighted by Gasteiger charge is -2.13. The van der Waals surface area contributed by atoms with Gasteiger partial charge in [0.2, 0.25) is 11.1 Å². The van der Waals surface area contributed by atoms with Crippen molar-refractivity contribution in [3.63, 3.8) is 0 Å². The molecule has 4 rings (SSSR count). The molecule has 0 spiro atoms. The summed E-state index contributed by atoms with van der Waals surface area (Å²) in [7, 11) is 0. The van der Waals surface area contributed by atoms with Crippen LogP contribution in [0.1, 0.15) is 54.3 Å². The van der Waals surface area contributed by atoms with Crippen LogP contribution in [0.25, 0.3) is 0 Å². The molecule has 3 heterocycles. The minimum Gasteiger partial charge on any atom is -0.467 e. The van der Waals surface area contributed by atoms with E-state index in [1.807, 2.05) is 35.2 Å². The van der Waals surface area contributed by atoms with E-state index in [1.165, 1.54) is 24.6 Å². The normalized spacial score (nSPS) is 14.2. The summed E-state index contributed by atoms with van der Waals surface area (Å²) >= 11 is 1.31. The van der Waals surface area contributed by atoms with Gasteiger partial charge in [0.05, 0.1) is 30.2 Å². The molecule has 0 unspecified atom stereocenters. The molecule has 1 amide bonds. The number of tetrazole rings is 1. The molecule has 30 heavy (non-hydrogen) atoms. The zero-order valence-electron chi connectivity index (χ0n) is 17.0. The second kappa shape index (κ2) is 8.75. The van der Waals surface area contributed by atoms with E-state index in [4.69, 9.17) is 4.42 Å². The first-order valence-corrected chi connectivity index (χ1v) is 10.9. The number of rotatable bonds is 7. The summed E-state index contributed by atoms with van der Waals surface area (Å²) in [4.78, 5) is 12.7. The molecule has 0 atom stereocenters. The van der Waals surface area contributed by atoms with Gasteiger partial charge in [0.25, 0.3) is 0 Å². The van der Waals surface area contributed by atoms with Gasteiger partial charge in [0.15, 0.2) is 0 Å². The Balaban J connectivity index is 1.49. The Morgan fingerprint density at radius 3 is 2.90 bits per heavy atom. The third-order valence-corrected chi connectivity index (χ3v) is 6.49. The average Bonchev–Trinajstić information content (AvgIpc) is 3.53. The van der Waals surface area contributed by atoms with E-state index in [9.17, 15) is 10.1 Å². The molecule has 3 aromatic heterocycles. The minimum atomic E-state index is -0.212. The standard InChI is InChI=1S/C20H23N7O2S/c1-13-14(2)26(11-16-8-5-9-29-16)19(17(13)10-21)22-18(28)12-30-20-23-24-25-27(20)15-6-3-4-7-15/h5,8-9,15H,3-4,6-7,11-12H2,1-2H3,(H,22,28). The van der Waals surface area contributed by atoms with Crippen LogP contribution < -0.4 is 5.32 Å². The van der Waals surface area contributed by atoms with Gasteiger partial charge in [-0.05, 0) is 54.8 Å². The Bertz CT molecular complexity index is 1070. The van der Waals surface area contributed by atoms with Gasteiger partial charge in [-0.3, -0.25) is 4.79 Å². The number of thioether (sulfide) groups is 1. The van der Waals surface area contributed by atoms with Crippen LogP contribution in [-0.4, -0.2) is 36.4 Å². The van der Waals surface area contributed by atoms with Crippen LogP contribution in [0.4, 0.5) is 5.82 Å². The number of nitriles is 1. The van der Waals surface area contributed by atoms with Crippen LogP contribution in [-0.2, 0) is 11.3 Å². The van der Waals surface area contributed by atoms with Gasteiger partial charge >= 0.3 is 0 Å². The van der Waals surface area contributed by atoms with Crippen LogP contribution in [0, 0.1) is 25.2 Å². The van der Waals surface area contributed by atoms with Gasteiger partial charge in [0, 0.05) is 5.69 Å². The zero-order chi connectivity index (χ0) is 21.1. The van der Waals surface area contributed by atoms with Gasteiger partial charge in [-0.25, -0.2) is 4.68 Å². The maximum absolute atomic E-state index is 12.7. The van der Waals surface area contributed by atoms with E-state index in [0.29, 0.717) is 29.1 Å². The molecule has 0 bridgehead atoms. The van der Waals surface area contributed by atoms with Gasteiger partial charge in [0.1, 0.15) is 17.6 Å². The fourth-order valence-corrected chi connectivity index (χ4v) is 4.59. The van der Waals surface area contributed by atoms with Crippen molar-refractivity contribution in [1.29, 1.82) is 5.26 Å². The molecular weight excluding hydrogens is 402 g/mol. The number of hydrogen-bond donors (Lipinski definition) is 1. The number of nitrogens with zero attached hydrogens (tertiary/aromatic N) is 6. The Morgan fingerprint density at radius 2 is 2.20 bits per heavy atom. The molecule has 9 nitrogen and oxygen atoms in total. The average molecular weight is 426 g/mol. The van der Waals surface area contributed by atoms with E-state index in [1.54, 1.807) is 6.26 Å². The van der Waals surface area contributed by atoms with Crippen molar-refractivity contribution < 1.29 is 9.21 Å². The van der Waals surface area contributed by atoms with Crippen molar-refractivity contribution in [3.8, 4) is 6.07 Å². The fourth-order valence-electron chi connectivity index (χ4n) is 3.84. The molecule has 0 radical (unpaired) electrons. The third-order valence-electron chi connectivity index (χ3n) is 5.56. The first-order chi connectivity index (χ1) is 14.6. The molecule has 156 valence electrons. The monoisotopic (exact) mass is 425 g/mol. The first kappa shape index (κ1) is 20.2. The number of nitrogens with one attached hydrogen (secondary N) is 1. The van der Waals surface area contributed by atoms with Crippen LogP contribution in [0.5, 0.6) is 0 Å². The van der Waals surface area contributed by atoms with Crippen LogP contribution >= 0.6 is 11.8 Å². The number of carbonyl (C=O) groups is 1. The summed E-state index contributed by atoms with van der Waals surface area (Å²) in [5, 5.41) is 25.2. The Hall–Kier alpha value is -3.06. The van der Waals surface area contributed by atoms with E-state index < -0.39 is 0 Å². The van der Waals surface area contributed by atoms with Gasteiger partial charge in [-0.1, -0.05) is 24.6 Å². The van der Waals surface area contributed by atoms with Crippen LogP contribution in [0.3, 0.4) is 0 Å². The van der Waals surface area contributed by atoms with Gasteiger partial charge < -0.3 is 14.3 Å². The van der Waals surface area contributed by atoms with Gasteiger partial charge in [-0.2, -0.15) is 5.26 Å². The number of aromatic nitrogens is 5. The molecular formula is C20H23N7O2S. The van der Waals surface area contributed by atoms with Crippen LogP contribution in [0.15, 0.2) is 28.0 Å². The maximum atomic E-state index is 12.7. The minimum absolute atomic E-state index is 0.155. The van der Waals surface area contributed by atoms with Crippen molar-refractivity contribution in [2.24, 2.45) is 0 Å². The van der Waals surface area contributed by atoms with Crippen molar-refractivity contribution in [2.45, 2.75) is 57.3 Å². The lowest BCUT2D eigenvalue weighted by Crippen LogP contribution is -2.19. The number of hydrogen-bond acceptors (Lipinski definition) is 7. The summed E-state index contributed by atoms with van der Waals surface area (Å²) in [6.07, 6.45) is 6.09. The molecule has 0 aliphatic heterocycles. The highest BCUT2D eigenvalue weighted by Gasteiger charge is 2.23. The number of amides is 1. The summed E-state index contributed by atoms with van der Waals surface area (Å²) in [5.74, 6) is 1.18. The second-order valence-corrected chi connectivity index (χ2v) is 8.33. The summed E-state index contributed by atoms with van der Waals surface area (Å²) in [6.45, 7) is 4.25.